The summed E-state index contributed by atoms with van der Waals surface area (Å²) in [6.45, 7) is 0. The van der Waals surface area contributed by atoms with E-state index in [0.717, 1.165) is 12.1 Å². The van der Waals surface area contributed by atoms with Gasteiger partial charge in [-0.3, -0.25) is 19.8 Å². The van der Waals surface area contributed by atoms with Crippen molar-refractivity contribution in [2.75, 3.05) is 5.32 Å². The van der Waals surface area contributed by atoms with Crippen LogP contribution in [-0.2, 0) is 19.6 Å². The SMILES string of the molecule is N=C(N)c1ccc(NC(=O)c2ccc(S(=O)(=O)N[C@@H](CCC(=O)O)C(=O)O)cc2)cc1. The largest absolute Gasteiger partial charge is 0.481 e. The van der Waals surface area contributed by atoms with Crippen LogP contribution in [0.2, 0.25) is 0 Å². The fraction of sp³-hybridized carbons (Fsp3) is 0.158. The molecule has 164 valence electrons. The topological polar surface area (TPSA) is 200 Å². The summed E-state index contributed by atoms with van der Waals surface area (Å²) in [4.78, 5) is 33.9. The molecule has 0 aliphatic heterocycles. The Bertz CT molecular complexity index is 1100. The van der Waals surface area contributed by atoms with Crippen molar-refractivity contribution < 1.29 is 33.0 Å². The molecule has 0 bridgehead atoms. The number of hydrogen-bond acceptors (Lipinski definition) is 6. The number of amidine groups is 1. The third-order valence-electron chi connectivity index (χ3n) is 4.12. The van der Waals surface area contributed by atoms with E-state index in [9.17, 15) is 22.8 Å². The third-order valence-corrected chi connectivity index (χ3v) is 5.61. The molecule has 7 N–H and O–H groups in total. The maximum atomic E-state index is 12.4. The summed E-state index contributed by atoms with van der Waals surface area (Å²) in [6, 6.07) is 9.38. The summed E-state index contributed by atoms with van der Waals surface area (Å²) in [5.74, 6) is -3.39. The van der Waals surface area contributed by atoms with Crippen LogP contribution in [0.1, 0.15) is 28.8 Å². The number of carbonyl (C=O) groups excluding carboxylic acids is 1. The quantitative estimate of drug-likeness (QED) is 0.226. The lowest BCUT2D eigenvalue weighted by Gasteiger charge is -2.14. The number of rotatable bonds is 10. The van der Waals surface area contributed by atoms with Gasteiger partial charge in [0, 0.05) is 23.2 Å². The highest BCUT2D eigenvalue weighted by Gasteiger charge is 2.26. The molecule has 1 amide bonds. The molecule has 12 heteroatoms. The molecule has 1 atom stereocenters. The summed E-state index contributed by atoms with van der Waals surface area (Å²) in [5.41, 5.74) is 6.44. The van der Waals surface area contributed by atoms with E-state index in [4.69, 9.17) is 21.4 Å². The number of nitrogen functional groups attached to an aromatic ring is 1. The number of hydrogen-bond donors (Lipinski definition) is 6. The highest BCUT2D eigenvalue weighted by molar-refractivity contribution is 7.89. The number of aliphatic carboxylic acids is 2. The van der Waals surface area contributed by atoms with E-state index in [0.29, 0.717) is 11.3 Å². The van der Waals surface area contributed by atoms with Crippen molar-refractivity contribution in [1.29, 1.82) is 5.41 Å². The molecular formula is C19H20N4O7S. The zero-order valence-corrected chi connectivity index (χ0v) is 16.8. The molecule has 2 aromatic carbocycles. The zero-order valence-electron chi connectivity index (χ0n) is 16.0. The van der Waals surface area contributed by atoms with Crippen LogP contribution in [0.4, 0.5) is 5.69 Å². The van der Waals surface area contributed by atoms with Gasteiger partial charge in [-0.25, -0.2) is 8.42 Å². The summed E-state index contributed by atoms with van der Waals surface area (Å²) in [5, 5.41) is 27.7. The lowest BCUT2D eigenvalue weighted by Crippen LogP contribution is -2.41. The Hall–Kier alpha value is -3.77. The minimum atomic E-state index is -4.25. The van der Waals surface area contributed by atoms with Crippen LogP contribution in [0.15, 0.2) is 53.4 Å². The zero-order chi connectivity index (χ0) is 23.2. The first-order chi connectivity index (χ1) is 14.5. The van der Waals surface area contributed by atoms with Gasteiger partial charge in [-0.15, -0.1) is 0 Å². The van der Waals surface area contributed by atoms with Crippen LogP contribution in [0, 0.1) is 5.41 Å². The van der Waals surface area contributed by atoms with Crippen molar-refractivity contribution in [3.63, 3.8) is 0 Å². The molecular weight excluding hydrogens is 428 g/mol. The minimum Gasteiger partial charge on any atom is -0.481 e. The highest BCUT2D eigenvalue weighted by Crippen LogP contribution is 2.15. The van der Waals surface area contributed by atoms with Crippen LogP contribution >= 0.6 is 0 Å². The third kappa shape index (κ3) is 6.62. The maximum absolute atomic E-state index is 12.4. The minimum absolute atomic E-state index is 0.114. The molecule has 0 saturated carbocycles. The van der Waals surface area contributed by atoms with Crippen molar-refractivity contribution in [1.82, 2.24) is 4.72 Å². The van der Waals surface area contributed by atoms with E-state index >= 15 is 0 Å². The first-order valence-electron chi connectivity index (χ1n) is 8.82. The monoisotopic (exact) mass is 448 g/mol. The van der Waals surface area contributed by atoms with E-state index < -0.39 is 46.8 Å². The van der Waals surface area contributed by atoms with E-state index in [1.807, 2.05) is 4.72 Å². The highest BCUT2D eigenvalue weighted by atomic mass is 32.2. The van der Waals surface area contributed by atoms with Gasteiger partial charge in [0.25, 0.3) is 5.91 Å². The van der Waals surface area contributed by atoms with Gasteiger partial charge < -0.3 is 21.3 Å². The normalized spacial score (nSPS) is 12.0. The number of carbonyl (C=O) groups is 3. The molecule has 2 rings (SSSR count). The molecule has 0 aliphatic carbocycles. The Morgan fingerprint density at radius 1 is 0.968 bits per heavy atom. The van der Waals surface area contributed by atoms with E-state index in [2.05, 4.69) is 5.32 Å². The number of carboxylic acid groups (broad SMARTS) is 2. The lowest BCUT2D eigenvalue weighted by atomic mass is 10.1. The van der Waals surface area contributed by atoms with Gasteiger partial charge in [0.15, 0.2) is 0 Å². The number of carboxylic acids is 2. The Morgan fingerprint density at radius 3 is 2.00 bits per heavy atom. The predicted molar refractivity (Wildman–Crippen MR) is 110 cm³/mol. The van der Waals surface area contributed by atoms with E-state index in [-0.39, 0.29) is 16.3 Å². The van der Waals surface area contributed by atoms with Crippen LogP contribution in [0.5, 0.6) is 0 Å². The van der Waals surface area contributed by atoms with E-state index in [1.54, 1.807) is 24.3 Å². The summed E-state index contributed by atoms with van der Waals surface area (Å²) >= 11 is 0. The van der Waals surface area contributed by atoms with Crippen molar-refractivity contribution in [2.45, 2.75) is 23.8 Å². The fourth-order valence-corrected chi connectivity index (χ4v) is 3.70. The number of benzene rings is 2. The summed E-state index contributed by atoms with van der Waals surface area (Å²) in [6.07, 6.45) is -0.946. The average molecular weight is 448 g/mol. The van der Waals surface area contributed by atoms with Gasteiger partial charge in [-0.1, -0.05) is 0 Å². The van der Waals surface area contributed by atoms with Gasteiger partial charge in [0.1, 0.15) is 11.9 Å². The molecule has 0 saturated heterocycles. The first kappa shape index (κ1) is 23.5. The van der Waals surface area contributed by atoms with Gasteiger partial charge in [0.05, 0.1) is 4.90 Å². The number of anilines is 1. The molecule has 0 fully saturated rings. The maximum Gasteiger partial charge on any atom is 0.321 e. The van der Waals surface area contributed by atoms with Gasteiger partial charge in [-0.05, 0) is 55.0 Å². The number of nitrogens with two attached hydrogens (primary N) is 1. The second kappa shape index (κ2) is 9.82. The molecule has 0 aromatic heterocycles. The molecule has 0 aliphatic rings. The number of nitrogens with one attached hydrogen (secondary N) is 3. The van der Waals surface area contributed by atoms with E-state index in [1.165, 1.54) is 12.1 Å². The Kier molecular flexibility index (Phi) is 7.45. The van der Waals surface area contributed by atoms with Crippen LogP contribution < -0.4 is 15.8 Å². The van der Waals surface area contributed by atoms with Crippen molar-refractivity contribution in [3.8, 4) is 0 Å². The number of amides is 1. The Morgan fingerprint density at radius 2 is 1.52 bits per heavy atom. The second-order valence-corrected chi connectivity index (χ2v) is 8.13. The second-order valence-electron chi connectivity index (χ2n) is 6.41. The molecule has 2 aromatic rings. The van der Waals surface area contributed by atoms with Crippen LogP contribution in [0.25, 0.3) is 0 Å². The molecule has 31 heavy (non-hydrogen) atoms. The van der Waals surface area contributed by atoms with Gasteiger partial charge in [0.2, 0.25) is 10.0 Å². The molecule has 0 spiro atoms. The van der Waals surface area contributed by atoms with Crippen molar-refractivity contribution >= 4 is 39.4 Å². The Labute approximate surface area is 177 Å². The van der Waals surface area contributed by atoms with Crippen LogP contribution in [0.3, 0.4) is 0 Å². The summed E-state index contributed by atoms with van der Waals surface area (Å²) < 4.78 is 26.8. The first-order valence-corrected chi connectivity index (χ1v) is 10.3. The van der Waals surface area contributed by atoms with Gasteiger partial charge >= 0.3 is 11.9 Å². The van der Waals surface area contributed by atoms with Crippen molar-refractivity contribution in [3.05, 3.63) is 59.7 Å². The van der Waals surface area contributed by atoms with Gasteiger partial charge in [-0.2, -0.15) is 4.72 Å². The number of sulfonamides is 1. The van der Waals surface area contributed by atoms with Crippen molar-refractivity contribution in [2.24, 2.45) is 5.73 Å². The molecule has 11 nitrogen and oxygen atoms in total. The fourth-order valence-electron chi connectivity index (χ4n) is 2.48. The summed E-state index contributed by atoms with van der Waals surface area (Å²) in [7, 11) is -4.25. The Balaban J connectivity index is 2.10. The molecule has 0 unspecified atom stereocenters. The molecule has 0 heterocycles. The van der Waals surface area contributed by atoms with Crippen LogP contribution in [-0.4, -0.2) is 48.4 Å². The predicted octanol–water partition coefficient (Wildman–Crippen LogP) is 0.819. The standard InChI is InChI=1S/C19H20N4O7S/c20-17(21)11-1-5-13(6-2-11)22-18(26)12-3-7-14(8-4-12)31(29,30)23-15(19(27)28)9-10-16(24)25/h1-8,15,23H,9-10H2,(H3,20,21)(H,22,26)(H,24,25)(H,27,28)/t15-/m0/s1. The molecule has 0 radical (unpaired) electrons. The lowest BCUT2D eigenvalue weighted by molar-refractivity contribution is -0.140. The average Bonchev–Trinajstić information content (AvgIpc) is 2.71. The smallest absolute Gasteiger partial charge is 0.321 e.